The van der Waals surface area contributed by atoms with Gasteiger partial charge < -0.3 is 15.0 Å². The van der Waals surface area contributed by atoms with Gasteiger partial charge in [-0.05, 0) is 24.8 Å². The quantitative estimate of drug-likeness (QED) is 0.929. The summed E-state index contributed by atoms with van der Waals surface area (Å²) in [6, 6.07) is 3.15. The van der Waals surface area contributed by atoms with E-state index in [0.29, 0.717) is 27.9 Å². The highest BCUT2D eigenvalue weighted by Crippen LogP contribution is 2.32. The predicted octanol–water partition coefficient (Wildman–Crippen LogP) is 3.18. The maximum Gasteiger partial charge on any atom is 0.257 e. The molecule has 1 aromatic rings. The number of carbonyl (C=O) groups excluding carboxylic acids is 2. The molecule has 1 fully saturated rings. The zero-order valence-corrected chi connectivity index (χ0v) is 13.9. The van der Waals surface area contributed by atoms with Crippen molar-refractivity contribution in [2.24, 2.45) is 5.92 Å². The van der Waals surface area contributed by atoms with E-state index in [1.807, 2.05) is 4.90 Å². The molecule has 0 aromatic heterocycles. The lowest BCUT2D eigenvalue weighted by atomic mass is 9.98. The fourth-order valence-electron chi connectivity index (χ4n) is 2.56. The molecule has 6 heteroatoms. The average Bonchev–Trinajstić information content (AvgIpc) is 2.48. The molecule has 22 heavy (non-hydrogen) atoms. The summed E-state index contributed by atoms with van der Waals surface area (Å²) >= 11 is 6.17. The monoisotopic (exact) mass is 324 g/mol. The molecule has 120 valence electrons. The molecule has 2 rings (SSSR count). The highest BCUT2D eigenvalue weighted by molar-refractivity contribution is 6.34. The maximum atomic E-state index is 12.7. The number of likely N-dealkylation sites (tertiary alicyclic amines) is 1. The van der Waals surface area contributed by atoms with E-state index < -0.39 is 0 Å². The number of nitrogens with one attached hydrogen (secondary N) is 1. The number of methoxy groups -OCH3 is 1. The van der Waals surface area contributed by atoms with Crippen LogP contribution in [-0.4, -0.2) is 36.9 Å². The molecule has 5 nitrogen and oxygen atoms in total. The Balaban J connectivity index is 2.28. The first kappa shape index (κ1) is 16.6. The van der Waals surface area contributed by atoms with E-state index in [1.54, 1.807) is 12.1 Å². The number of hydrogen-bond acceptors (Lipinski definition) is 3. The number of hydrogen-bond donors (Lipinski definition) is 1. The molecule has 0 unspecified atom stereocenters. The first-order valence-electron chi connectivity index (χ1n) is 7.36. The molecule has 1 aromatic carbocycles. The second kappa shape index (κ2) is 7.01. The molecule has 1 aliphatic heterocycles. The third-order valence-corrected chi connectivity index (χ3v) is 4.21. The van der Waals surface area contributed by atoms with Crippen LogP contribution in [0.15, 0.2) is 12.1 Å². The van der Waals surface area contributed by atoms with Crippen LogP contribution in [0.5, 0.6) is 5.75 Å². The Labute approximate surface area is 135 Å². The minimum atomic E-state index is -0.229. The topological polar surface area (TPSA) is 58.6 Å². The largest absolute Gasteiger partial charge is 0.496 e. The molecule has 1 N–H and O–H groups in total. The van der Waals surface area contributed by atoms with Crippen molar-refractivity contribution >= 4 is 29.1 Å². The lowest BCUT2D eigenvalue weighted by Gasteiger charge is -2.30. The summed E-state index contributed by atoms with van der Waals surface area (Å²) in [7, 11) is 1.50. The zero-order valence-electron chi connectivity index (χ0n) is 13.1. The molecule has 1 heterocycles. The number of amides is 2. The van der Waals surface area contributed by atoms with E-state index in [1.165, 1.54) is 14.0 Å². The molecular weight excluding hydrogens is 304 g/mol. The summed E-state index contributed by atoms with van der Waals surface area (Å²) in [6.07, 6.45) is 2.01. The van der Waals surface area contributed by atoms with Gasteiger partial charge in [0.2, 0.25) is 5.91 Å². The van der Waals surface area contributed by atoms with Gasteiger partial charge in [-0.15, -0.1) is 0 Å². The molecule has 0 radical (unpaired) electrons. The first-order valence-corrected chi connectivity index (χ1v) is 7.74. The second-order valence-corrected chi connectivity index (χ2v) is 6.10. The number of carbonyl (C=O) groups is 2. The van der Waals surface area contributed by atoms with Gasteiger partial charge in [-0.1, -0.05) is 18.5 Å². The zero-order chi connectivity index (χ0) is 16.3. The summed E-state index contributed by atoms with van der Waals surface area (Å²) < 4.78 is 5.30. The Morgan fingerprint density at radius 3 is 2.50 bits per heavy atom. The van der Waals surface area contributed by atoms with Gasteiger partial charge in [-0.2, -0.15) is 0 Å². The molecule has 2 amide bonds. The smallest absolute Gasteiger partial charge is 0.257 e. The van der Waals surface area contributed by atoms with Gasteiger partial charge in [0.25, 0.3) is 5.91 Å². The Kier molecular flexibility index (Phi) is 5.29. The molecule has 0 spiro atoms. The lowest BCUT2D eigenvalue weighted by molar-refractivity contribution is -0.114. The van der Waals surface area contributed by atoms with E-state index in [-0.39, 0.29) is 11.8 Å². The molecule has 0 aliphatic carbocycles. The van der Waals surface area contributed by atoms with Gasteiger partial charge in [0.1, 0.15) is 5.75 Å². The van der Waals surface area contributed by atoms with E-state index in [0.717, 1.165) is 25.9 Å². The van der Waals surface area contributed by atoms with Crippen molar-refractivity contribution in [3.8, 4) is 5.75 Å². The van der Waals surface area contributed by atoms with Crippen LogP contribution in [0.25, 0.3) is 0 Å². The highest BCUT2D eigenvalue weighted by Gasteiger charge is 2.25. The van der Waals surface area contributed by atoms with Gasteiger partial charge in [0.05, 0.1) is 23.4 Å². The van der Waals surface area contributed by atoms with Gasteiger partial charge in [0.15, 0.2) is 0 Å². The summed E-state index contributed by atoms with van der Waals surface area (Å²) in [5.74, 6) is 0.751. The van der Waals surface area contributed by atoms with Crippen molar-refractivity contribution < 1.29 is 14.3 Å². The normalized spacial score (nSPS) is 15.5. The number of rotatable bonds is 3. The van der Waals surface area contributed by atoms with Crippen LogP contribution < -0.4 is 10.1 Å². The Hall–Kier alpha value is -1.75. The fourth-order valence-corrected chi connectivity index (χ4v) is 2.77. The van der Waals surface area contributed by atoms with Crippen molar-refractivity contribution in [1.82, 2.24) is 4.90 Å². The van der Waals surface area contributed by atoms with Crippen LogP contribution in [0.4, 0.5) is 5.69 Å². The summed E-state index contributed by atoms with van der Waals surface area (Å²) in [5.41, 5.74) is 0.867. The summed E-state index contributed by atoms with van der Waals surface area (Å²) in [4.78, 5) is 25.7. The minimum absolute atomic E-state index is 0.0833. The number of piperidine rings is 1. The number of anilines is 1. The van der Waals surface area contributed by atoms with Crippen molar-refractivity contribution in [2.45, 2.75) is 26.7 Å². The SMILES string of the molecule is COc1cc(NC(C)=O)c(Cl)cc1C(=O)N1CCC(C)CC1. The summed E-state index contributed by atoms with van der Waals surface area (Å²) in [6.45, 7) is 5.08. The standard InChI is InChI=1S/C16H21ClN2O3/c1-10-4-6-19(7-5-10)16(21)12-8-13(17)14(18-11(2)20)9-15(12)22-3/h8-10H,4-7H2,1-3H3,(H,18,20). The predicted molar refractivity (Wildman–Crippen MR) is 86.6 cm³/mol. The Morgan fingerprint density at radius 1 is 1.32 bits per heavy atom. The van der Waals surface area contributed by atoms with Crippen molar-refractivity contribution in [1.29, 1.82) is 0 Å². The summed E-state index contributed by atoms with van der Waals surface area (Å²) in [5, 5.41) is 2.95. The van der Waals surface area contributed by atoms with Crippen LogP contribution in [0.3, 0.4) is 0 Å². The number of benzene rings is 1. The fraction of sp³-hybridized carbons (Fsp3) is 0.500. The van der Waals surface area contributed by atoms with Gasteiger partial charge in [-0.25, -0.2) is 0 Å². The molecule has 0 atom stereocenters. The van der Waals surface area contributed by atoms with Gasteiger partial charge >= 0.3 is 0 Å². The molecule has 1 saturated heterocycles. The van der Waals surface area contributed by atoms with E-state index in [9.17, 15) is 9.59 Å². The third kappa shape index (κ3) is 3.71. The minimum Gasteiger partial charge on any atom is -0.496 e. The average molecular weight is 325 g/mol. The van der Waals surface area contributed by atoms with Gasteiger partial charge in [-0.3, -0.25) is 9.59 Å². The third-order valence-electron chi connectivity index (χ3n) is 3.90. The van der Waals surface area contributed by atoms with E-state index in [4.69, 9.17) is 16.3 Å². The van der Waals surface area contributed by atoms with Crippen molar-refractivity contribution in [2.75, 3.05) is 25.5 Å². The molecule has 1 aliphatic rings. The van der Waals surface area contributed by atoms with E-state index >= 15 is 0 Å². The second-order valence-electron chi connectivity index (χ2n) is 5.69. The van der Waals surface area contributed by atoms with Crippen LogP contribution in [0.1, 0.15) is 37.0 Å². The van der Waals surface area contributed by atoms with Crippen LogP contribution in [0.2, 0.25) is 5.02 Å². The number of ether oxygens (including phenoxy) is 1. The highest BCUT2D eigenvalue weighted by atomic mass is 35.5. The van der Waals surface area contributed by atoms with Crippen molar-refractivity contribution in [3.63, 3.8) is 0 Å². The molecule has 0 bridgehead atoms. The lowest BCUT2D eigenvalue weighted by Crippen LogP contribution is -2.38. The number of nitrogens with zero attached hydrogens (tertiary/aromatic N) is 1. The van der Waals surface area contributed by atoms with Crippen LogP contribution in [0, 0.1) is 5.92 Å². The Morgan fingerprint density at radius 2 is 1.95 bits per heavy atom. The first-order chi connectivity index (χ1) is 10.4. The molecular formula is C16H21ClN2O3. The van der Waals surface area contributed by atoms with Crippen molar-refractivity contribution in [3.05, 3.63) is 22.7 Å². The van der Waals surface area contributed by atoms with Gasteiger partial charge in [0, 0.05) is 26.1 Å². The number of halogens is 1. The van der Waals surface area contributed by atoms with Crippen LogP contribution in [-0.2, 0) is 4.79 Å². The van der Waals surface area contributed by atoms with E-state index in [2.05, 4.69) is 12.2 Å². The maximum absolute atomic E-state index is 12.7. The van der Waals surface area contributed by atoms with Crippen LogP contribution >= 0.6 is 11.6 Å². The Bertz CT molecular complexity index is 581. The molecule has 0 saturated carbocycles.